The van der Waals surface area contributed by atoms with Gasteiger partial charge in [0.1, 0.15) is 0 Å². The summed E-state index contributed by atoms with van der Waals surface area (Å²) in [4.78, 5) is 24.3. The molecule has 1 aromatic rings. The SMILES string of the molecule is C=CC(/C=C(\C)c1ccccc1)C(C)(C(=O)OC)C(=O)OC. The first kappa shape index (κ1) is 17.7. The molecule has 0 amide bonds. The zero-order valence-corrected chi connectivity index (χ0v) is 13.5. The van der Waals surface area contributed by atoms with Crippen LogP contribution >= 0.6 is 0 Å². The molecule has 0 aliphatic rings. The molecule has 0 aliphatic carbocycles. The molecule has 0 N–H and O–H groups in total. The fourth-order valence-electron chi connectivity index (χ4n) is 2.32. The molecule has 118 valence electrons. The van der Waals surface area contributed by atoms with Gasteiger partial charge in [-0.05, 0) is 25.0 Å². The van der Waals surface area contributed by atoms with Gasteiger partial charge in [-0.15, -0.1) is 6.58 Å². The summed E-state index contributed by atoms with van der Waals surface area (Å²) in [6.45, 7) is 7.17. The average Bonchev–Trinajstić information content (AvgIpc) is 2.57. The summed E-state index contributed by atoms with van der Waals surface area (Å²) in [7, 11) is 2.49. The quantitative estimate of drug-likeness (QED) is 0.460. The molecule has 0 saturated carbocycles. The van der Waals surface area contributed by atoms with Gasteiger partial charge in [-0.2, -0.15) is 0 Å². The Labute approximate surface area is 131 Å². The molecule has 0 spiro atoms. The number of ether oxygens (including phenoxy) is 2. The minimum Gasteiger partial charge on any atom is -0.468 e. The molecule has 4 heteroatoms. The summed E-state index contributed by atoms with van der Waals surface area (Å²) in [5, 5.41) is 0. The van der Waals surface area contributed by atoms with Gasteiger partial charge in [0.25, 0.3) is 0 Å². The van der Waals surface area contributed by atoms with Gasteiger partial charge in [0.2, 0.25) is 0 Å². The summed E-state index contributed by atoms with van der Waals surface area (Å²) >= 11 is 0. The number of esters is 2. The van der Waals surface area contributed by atoms with Gasteiger partial charge in [0.15, 0.2) is 5.41 Å². The van der Waals surface area contributed by atoms with Crippen LogP contribution in [0, 0.1) is 11.3 Å². The van der Waals surface area contributed by atoms with Crippen LogP contribution in [-0.2, 0) is 19.1 Å². The molecule has 0 aromatic heterocycles. The summed E-state index contributed by atoms with van der Waals surface area (Å²) in [5.74, 6) is -1.85. The third-order valence-corrected chi connectivity index (χ3v) is 3.80. The smallest absolute Gasteiger partial charge is 0.323 e. The van der Waals surface area contributed by atoms with E-state index in [1.165, 1.54) is 21.1 Å². The normalized spacial score (nSPS) is 13.2. The van der Waals surface area contributed by atoms with E-state index < -0.39 is 23.3 Å². The molecule has 0 heterocycles. The second kappa shape index (κ2) is 7.59. The topological polar surface area (TPSA) is 52.6 Å². The number of methoxy groups -OCH3 is 2. The van der Waals surface area contributed by atoms with Crippen LogP contribution in [0.5, 0.6) is 0 Å². The first-order chi connectivity index (χ1) is 10.4. The fraction of sp³-hybridized carbons (Fsp3) is 0.333. The molecule has 0 saturated heterocycles. The number of allylic oxidation sites excluding steroid dienone is 3. The lowest BCUT2D eigenvalue weighted by molar-refractivity contribution is -0.169. The van der Waals surface area contributed by atoms with Gasteiger partial charge in [-0.25, -0.2) is 0 Å². The molecule has 4 nitrogen and oxygen atoms in total. The summed E-state index contributed by atoms with van der Waals surface area (Å²) in [5.41, 5.74) is 0.470. The summed E-state index contributed by atoms with van der Waals surface area (Å²) < 4.78 is 9.58. The van der Waals surface area contributed by atoms with E-state index in [0.29, 0.717) is 0 Å². The highest BCUT2D eigenvalue weighted by Crippen LogP contribution is 2.34. The third-order valence-electron chi connectivity index (χ3n) is 3.80. The number of carbonyl (C=O) groups excluding carboxylic acids is 2. The summed E-state index contributed by atoms with van der Waals surface area (Å²) in [6, 6.07) is 9.69. The minimum atomic E-state index is -1.47. The number of carbonyl (C=O) groups is 2. The van der Waals surface area contributed by atoms with Crippen LogP contribution in [0.3, 0.4) is 0 Å². The largest absolute Gasteiger partial charge is 0.468 e. The Morgan fingerprint density at radius 1 is 1.14 bits per heavy atom. The molecule has 1 rings (SSSR count). The lowest BCUT2D eigenvalue weighted by Gasteiger charge is -2.29. The Balaban J connectivity index is 3.29. The van der Waals surface area contributed by atoms with Gasteiger partial charge < -0.3 is 9.47 Å². The first-order valence-corrected chi connectivity index (χ1v) is 6.95. The van der Waals surface area contributed by atoms with Gasteiger partial charge in [-0.1, -0.05) is 42.5 Å². The Bertz CT molecular complexity index is 556. The Kier molecular flexibility index (Phi) is 6.11. The maximum absolute atomic E-state index is 12.2. The number of hydrogen-bond acceptors (Lipinski definition) is 4. The van der Waals surface area contributed by atoms with E-state index in [1.54, 1.807) is 6.08 Å². The van der Waals surface area contributed by atoms with Crippen LogP contribution < -0.4 is 0 Å². The van der Waals surface area contributed by atoms with Crippen LogP contribution in [0.25, 0.3) is 5.57 Å². The van der Waals surface area contributed by atoms with Crippen molar-refractivity contribution >= 4 is 17.5 Å². The first-order valence-electron chi connectivity index (χ1n) is 6.95. The number of benzene rings is 1. The van der Waals surface area contributed by atoms with E-state index in [-0.39, 0.29) is 0 Å². The van der Waals surface area contributed by atoms with Gasteiger partial charge in [0, 0.05) is 5.92 Å². The predicted molar refractivity (Wildman–Crippen MR) is 85.9 cm³/mol. The zero-order chi connectivity index (χ0) is 16.8. The van der Waals surface area contributed by atoms with Crippen LogP contribution in [0.4, 0.5) is 0 Å². The van der Waals surface area contributed by atoms with E-state index in [9.17, 15) is 9.59 Å². The van der Waals surface area contributed by atoms with Crippen molar-refractivity contribution < 1.29 is 19.1 Å². The Morgan fingerprint density at radius 2 is 1.64 bits per heavy atom. The highest BCUT2D eigenvalue weighted by Gasteiger charge is 2.48. The molecule has 1 unspecified atom stereocenters. The second-order valence-electron chi connectivity index (χ2n) is 5.16. The fourth-order valence-corrected chi connectivity index (χ4v) is 2.32. The maximum Gasteiger partial charge on any atom is 0.323 e. The van der Waals surface area contributed by atoms with Gasteiger partial charge in [0.05, 0.1) is 14.2 Å². The van der Waals surface area contributed by atoms with E-state index in [2.05, 4.69) is 6.58 Å². The molecule has 1 atom stereocenters. The minimum absolute atomic E-state index is 0.549. The van der Waals surface area contributed by atoms with Crippen LogP contribution in [-0.4, -0.2) is 26.2 Å². The van der Waals surface area contributed by atoms with Crippen molar-refractivity contribution in [2.24, 2.45) is 11.3 Å². The van der Waals surface area contributed by atoms with Crippen LogP contribution in [0.15, 0.2) is 49.1 Å². The standard InChI is InChI=1S/C18H22O4/c1-6-15(12-13(2)14-10-8-7-9-11-14)18(3,16(19)21-4)17(20)22-5/h6-12,15H,1H2,2-5H3/b13-12+. The van der Waals surface area contributed by atoms with Crippen molar-refractivity contribution in [3.05, 3.63) is 54.6 Å². The van der Waals surface area contributed by atoms with E-state index in [0.717, 1.165) is 11.1 Å². The van der Waals surface area contributed by atoms with Crippen LogP contribution in [0.2, 0.25) is 0 Å². The van der Waals surface area contributed by atoms with Crippen molar-refractivity contribution in [3.8, 4) is 0 Å². The molecule has 0 radical (unpaired) electrons. The van der Waals surface area contributed by atoms with Crippen molar-refractivity contribution in [3.63, 3.8) is 0 Å². The molecule has 0 aliphatic heterocycles. The lowest BCUT2D eigenvalue weighted by atomic mass is 9.75. The van der Waals surface area contributed by atoms with E-state index in [4.69, 9.17) is 9.47 Å². The molecular formula is C18H22O4. The highest BCUT2D eigenvalue weighted by atomic mass is 16.5. The molecule has 1 aromatic carbocycles. The monoisotopic (exact) mass is 302 g/mol. The predicted octanol–water partition coefficient (Wildman–Crippen LogP) is 3.24. The molecular weight excluding hydrogens is 280 g/mol. The van der Waals surface area contributed by atoms with Crippen molar-refractivity contribution in [2.45, 2.75) is 13.8 Å². The van der Waals surface area contributed by atoms with Crippen molar-refractivity contribution in [2.75, 3.05) is 14.2 Å². The van der Waals surface area contributed by atoms with Crippen LogP contribution in [0.1, 0.15) is 19.4 Å². The van der Waals surface area contributed by atoms with Crippen molar-refractivity contribution in [1.82, 2.24) is 0 Å². The maximum atomic E-state index is 12.2. The summed E-state index contributed by atoms with van der Waals surface area (Å²) in [6.07, 6.45) is 3.39. The van der Waals surface area contributed by atoms with E-state index in [1.807, 2.05) is 43.3 Å². The zero-order valence-electron chi connectivity index (χ0n) is 13.5. The van der Waals surface area contributed by atoms with E-state index >= 15 is 0 Å². The Morgan fingerprint density at radius 3 is 2.05 bits per heavy atom. The van der Waals surface area contributed by atoms with Crippen molar-refractivity contribution in [1.29, 1.82) is 0 Å². The molecule has 0 bridgehead atoms. The van der Waals surface area contributed by atoms with Gasteiger partial charge >= 0.3 is 11.9 Å². The second-order valence-corrected chi connectivity index (χ2v) is 5.16. The molecule has 22 heavy (non-hydrogen) atoms. The van der Waals surface area contributed by atoms with Gasteiger partial charge in [-0.3, -0.25) is 9.59 Å². The Hall–Kier alpha value is -2.36. The number of rotatable bonds is 6. The third kappa shape index (κ3) is 3.45. The average molecular weight is 302 g/mol. The molecule has 0 fully saturated rings. The highest BCUT2D eigenvalue weighted by molar-refractivity contribution is 6.00. The lowest BCUT2D eigenvalue weighted by Crippen LogP contribution is -2.43. The number of hydrogen-bond donors (Lipinski definition) is 0.